The highest BCUT2D eigenvalue weighted by molar-refractivity contribution is 6.05. The smallest absolute Gasteiger partial charge is 0.213 e. The molecule has 0 aromatic heterocycles. The van der Waals surface area contributed by atoms with E-state index in [0.29, 0.717) is 30.6 Å². The second-order valence-electron chi connectivity index (χ2n) is 13.2. The molecule has 37 heavy (non-hydrogen) atoms. The van der Waals surface area contributed by atoms with E-state index in [1.54, 1.807) is 6.92 Å². The van der Waals surface area contributed by atoms with Crippen molar-refractivity contribution in [3.8, 4) is 0 Å². The fraction of sp³-hybridized carbons (Fsp3) is 0.833. The first-order valence-electron chi connectivity index (χ1n) is 14.3. The molecule has 5 aliphatic rings. The number of carbonyl (C=O) groups excluding carboxylic acids is 1. The summed E-state index contributed by atoms with van der Waals surface area (Å²) in [6.07, 6.45) is 2.45. The molecule has 8 atom stereocenters. The van der Waals surface area contributed by atoms with E-state index in [1.807, 2.05) is 13.8 Å². The number of ketones is 1. The number of carbonyl (C=O) groups is 1. The lowest BCUT2D eigenvalue weighted by Crippen LogP contribution is -2.78. The normalized spacial score (nSPS) is 41.7. The molecule has 2 aliphatic carbocycles. The second kappa shape index (κ2) is 9.44. The van der Waals surface area contributed by atoms with Gasteiger partial charge >= 0.3 is 0 Å². The lowest BCUT2D eigenvalue weighted by atomic mass is 9.53. The number of aliphatic hydroxyl groups is 1. The van der Waals surface area contributed by atoms with E-state index in [0.717, 1.165) is 37.9 Å². The third kappa shape index (κ3) is 4.07. The van der Waals surface area contributed by atoms with Gasteiger partial charge in [-0.2, -0.15) is 0 Å². The van der Waals surface area contributed by atoms with Crippen LogP contribution in [0.5, 0.6) is 0 Å². The maximum absolute atomic E-state index is 14.3. The molecule has 0 aromatic carbocycles. The molecule has 4 fully saturated rings. The van der Waals surface area contributed by atoms with Gasteiger partial charge < -0.3 is 28.8 Å². The van der Waals surface area contributed by atoms with Gasteiger partial charge in [0.25, 0.3) is 0 Å². The Morgan fingerprint density at radius 3 is 2.46 bits per heavy atom. The number of hydrogen-bond donors (Lipinski definition) is 1. The van der Waals surface area contributed by atoms with Crippen LogP contribution in [0.4, 0.5) is 0 Å². The zero-order valence-electron chi connectivity index (χ0n) is 23.7. The Hall–Kier alpha value is -1.25. The van der Waals surface area contributed by atoms with Crippen LogP contribution in [0.3, 0.4) is 0 Å². The minimum atomic E-state index is -1.50. The summed E-state index contributed by atoms with van der Waals surface area (Å²) < 4.78 is 32.5. The van der Waals surface area contributed by atoms with Crippen LogP contribution in [-0.4, -0.2) is 54.2 Å². The lowest BCUT2D eigenvalue weighted by molar-refractivity contribution is -0.485. The number of aliphatic hydroxyl groups excluding tert-OH is 1. The third-order valence-electron chi connectivity index (χ3n) is 9.10. The largest absolute Gasteiger partial charge is 0.469 e. The van der Waals surface area contributed by atoms with Crippen molar-refractivity contribution in [2.45, 2.75) is 111 Å². The summed E-state index contributed by atoms with van der Waals surface area (Å²) in [6.45, 7) is 19.2. The Bertz CT molecular complexity index is 965. The molecule has 1 spiro atoms. The van der Waals surface area contributed by atoms with E-state index in [4.69, 9.17) is 23.7 Å². The first kappa shape index (κ1) is 27.3. The lowest BCUT2D eigenvalue weighted by Gasteiger charge is -2.65. The van der Waals surface area contributed by atoms with Gasteiger partial charge in [0.2, 0.25) is 5.79 Å². The van der Waals surface area contributed by atoms with Gasteiger partial charge in [-0.3, -0.25) is 4.79 Å². The minimum Gasteiger partial charge on any atom is -0.469 e. The fourth-order valence-electron chi connectivity index (χ4n) is 7.89. The first-order valence-corrected chi connectivity index (χ1v) is 14.3. The molecule has 208 valence electrons. The number of ether oxygens (including phenoxy) is 5. The average molecular weight is 519 g/mol. The molecule has 1 N–H and O–H groups in total. The van der Waals surface area contributed by atoms with E-state index < -0.39 is 29.2 Å². The maximum atomic E-state index is 14.3. The molecule has 0 aromatic rings. The summed E-state index contributed by atoms with van der Waals surface area (Å²) in [4.78, 5) is 14.3. The van der Waals surface area contributed by atoms with Crippen LogP contribution in [0.2, 0.25) is 0 Å². The predicted octanol–water partition coefficient (Wildman–Crippen LogP) is 5.12. The highest BCUT2D eigenvalue weighted by atomic mass is 16.8. The third-order valence-corrected chi connectivity index (χ3v) is 9.10. The molecule has 0 amide bonds. The van der Waals surface area contributed by atoms with Crippen molar-refractivity contribution in [1.82, 2.24) is 0 Å². The fourth-order valence-corrected chi connectivity index (χ4v) is 7.89. The molecular formula is C30H46O7. The van der Waals surface area contributed by atoms with Crippen LogP contribution >= 0.6 is 0 Å². The van der Waals surface area contributed by atoms with Gasteiger partial charge in [0, 0.05) is 18.3 Å². The summed E-state index contributed by atoms with van der Waals surface area (Å²) in [5, 5.41) is 11.3. The number of rotatable bonds is 7. The highest BCUT2D eigenvalue weighted by Gasteiger charge is 2.81. The van der Waals surface area contributed by atoms with Crippen LogP contribution in [0, 0.1) is 35.0 Å². The topological polar surface area (TPSA) is 83.5 Å². The summed E-state index contributed by atoms with van der Waals surface area (Å²) >= 11 is 0. The van der Waals surface area contributed by atoms with Crippen molar-refractivity contribution in [2.75, 3.05) is 13.2 Å². The number of Topliss-reactive ketones (excluding diaryl/α,β-unsaturated/α-hetero) is 1. The van der Waals surface area contributed by atoms with Crippen molar-refractivity contribution in [2.24, 2.45) is 35.0 Å². The van der Waals surface area contributed by atoms with Gasteiger partial charge in [-0.25, -0.2) is 0 Å². The van der Waals surface area contributed by atoms with E-state index in [1.165, 1.54) is 5.57 Å². The molecule has 7 nitrogen and oxygen atoms in total. The molecule has 7 heteroatoms. The average Bonchev–Trinajstić information content (AvgIpc) is 2.93. The predicted molar refractivity (Wildman–Crippen MR) is 138 cm³/mol. The van der Waals surface area contributed by atoms with E-state index in [-0.39, 0.29) is 29.8 Å². The Labute approximate surface area is 221 Å². The van der Waals surface area contributed by atoms with Gasteiger partial charge in [0.1, 0.15) is 17.3 Å². The summed E-state index contributed by atoms with van der Waals surface area (Å²) in [5.41, 5.74) is 0.682. The van der Waals surface area contributed by atoms with Gasteiger partial charge in [-0.1, -0.05) is 34.3 Å². The number of hydrogen-bond acceptors (Lipinski definition) is 7. The van der Waals surface area contributed by atoms with Crippen LogP contribution in [0.25, 0.3) is 0 Å². The molecule has 2 saturated carbocycles. The first-order chi connectivity index (χ1) is 17.3. The standard InChI is InChI=1S/C30H46O7/c1-16(2)13-20-9-12-24(33-14-17(3)4)35-25(20)22-15-34-30(19(6)31)29-23(22)11-10-21(18(5)26(29)32)27(29)36-28(7,8)37-30/h16-17,19,21-24,27,31H,5,9-15H2,1-4,6-8H3. The van der Waals surface area contributed by atoms with Crippen molar-refractivity contribution < 1.29 is 33.6 Å². The minimum absolute atomic E-state index is 0.0828. The van der Waals surface area contributed by atoms with Gasteiger partial charge in [-0.05, 0) is 75.4 Å². The summed E-state index contributed by atoms with van der Waals surface area (Å²) in [7, 11) is 0. The van der Waals surface area contributed by atoms with Crippen LogP contribution in [-0.2, 0) is 28.5 Å². The van der Waals surface area contributed by atoms with E-state index in [9.17, 15) is 9.90 Å². The maximum Gasteiger partial charge on any atom is 0.213 e. The Kier molecular flexibility index (Phi) is 6.97. The molecule has 2 bridgehead atoms. The Balaban J connectivity index is 1.60. The zero-order chi connectivity index (χ0) is 26.9. The molecule has 3 heterocycles. The Morgan fingerprint density at radius 2 is 1.81 bits per heavy atom. The van der Waals surface area contributed by atoms with Crippen LogP contribution in [0.1, 0.15) is 80.6 Å². The second-order valence-corrected chi connectivity index (χ2v) is 13.2. The van der Waals surface area contributed by atoms with Crippen molar-refractivity contribution >= 4 is 5.78 Å². The molecule has 2 saturated heterocycles. The number of allylic oxidation sites excluding steroid dienone is 1. The zero-order valence-corrected chi connectivity index (χ0v) is 23.7. The highest BCUT2D eigenvalue weighted by Crippen LogP contribution is 2.70. The van der Waals surface area contributed by atoms with Gasteiger partial charge in [0.15, 0.2) is 17.9 Å². The molecule has 5 rings (SSSR count). The monoisotopic (exact) mass is 518 g/mol. The van der Waals surface area contributed by atoms with Crippen molar-refractivity contribution in [3.05, 3.63) is 23.5 Å². The summed E-state index contributed by atoms with van der Waals surface area (Å²) in [6, 6.07) is 0. The van der Waals surface area contributed by atoms with E-state index in [2.05, 4.69) is 34.3 Å². The Morgan fingerprint density at radius 1 is 1.08 bits per heavy atom. The van der Waals surface area contributed by atoms with E-state index >= 15 is 0 Å². The van der Waals surface area contributed by atoms with Gasteiger partial charge in [0.05, 0.1) is 19.3 Å². The SMILES string of the molecule is C=C1C(=O)C23C4CCC1C2OC(C)(C)OC3(C(C)O)OCC4C1=C(CC(C)C)CCC(OCC(C)C)O1. The van der Waals surface area contributed by atoms with Gasteiger partial charge in [-0.15, -0.1) is 0 Å². The quantitative estimate of drug-likeness (QED) is 0.468. The molecular weight excluding hydrogens is 472 g/mol. The molecule has 3 aliphatic heterocycles. The van der Waals surface area contributed by atoms with Crippen molar-refractivity contribution in [1.29, 1.82) is 0 Å². The van der Waals surface area contributed by atoms with Crippen LogP contribution < -0.4 is 0 Å². The molecule has 0 radical (unpaired) electrons. The molecule has 8 unspecified atom stereocenters. The summed E-state index contributed by atoms with van der Waals surface area (Å²) in [5.74, 6) is -1.22. The van der Waals surface area contributed by atoms with Crippen LogP contribution in [0.15, 0.2) is 23.5 Å². The van der Waals surface area contributed by atoms with Crippen molar-refractivity contribution in [3.63, 3.8) is 0 Å².